The number of thiazole rings is 1. The van der Waals surface area contributed by atoms with Crippen LogP contribution >= 0.6 is 11.3 Å². The van der Waals surface area contributed by atoms with E-state index < -0.39 is 5.91 Å². The van der Waals surface area contributed by atoms with Crippen LogP contribution in [-0.4, -0.2) is 39.8 Å². The Morgan fingerprint density at radius 3 is 2.67 bits per heavy atom. The molecule has 3 heterocycles. The fourth-order valence-corrected chi connectivity index (χ4v) is 4.03. The van der Waals surface area contributed by atoms with Crippen LogP contribution in [0.4, 0.5) is 4.39 Å². The lowest BCUT2D eigenvalue weighted by Crippen LogP contribution is -2.38. The fourth-order valence-electron chi connectivity index (χ4n) is 3.51. The molecule has 0 aliphatic carbocycles. The number of carbonyl (C=O) groups excluding carboxylic acids is 2. The molecule has 1 fully saturated rings. The van der Waals surface area contributed by atoms with Crippen molar-refractivity contribution in [1.29, 1.82) is 0 Å². The minimum atomic E-state index is -0.579. The highest BCUT2D eigenvalue weighted by Gasteiger charge is 2.28. The predicted molar refractivity (Wildman–Crippen MR) is 100 cm³/mol. The summed E-state index contributed by atoms with van der Waals surface area (Å²) < 4.78 is 13.5. The van der Waals surface area contributed by atoms with Crippen LogP contribution in [0.3, 0.4) is 0 Å². The largest absolute Gasteiger partial charge is 0.366 e. The minimum absolute atomic E-state index is 0.0152. The number of rotatable bonds is 3. The van der Waals surface area contributed by atoms with Gasteiger partial charge in [0.2, 0.25) is 0 Å². The number of fused-ring (bicyclic) bond motifs is 1. The van der Waals surface area contributed by atoms with Gasteiger partial charge in [-0.25, -0.2) is 9.37 Å². The van der Waals surface area contributed by atoms with Gasteiger partial charge in [-0.15, -0.1) is 11.3 Å². The van der Waals surface area contributed by atoms with Crippen molar-refractivity contribution in [2.75, 3.05) is 13.1 Å². The highest BCUT2D eigenvalue weighted by atomic mass is 32.1. The van der Waals surface area contributed by atoms with Crippen molar-refractivity contribution in [1.82, 2.24) is 14.9 Å². The van der Waals surface area contributed by atoms with Crippen LogP contribution in [-0.2, 0) is 0 Å². The maximum Gasteiger partial charge on any atom is 0.273 e. The van der Waals surface area contributed by atoms with Gasteiger partial charge in [-0.05, 0) is 37.1 Å². The van der Waals surface area contributed by atoms with Crippen LogP contribution in [0.1, 0.15) is 45.3 Å². The van der Waals surface area contributed by atoms with Gasteiger partial charge in [0.25, 0.3) is 11.8 Å². The van der Waals surface area contributed by atoms with Gasteiger partial charge in [-0.3, -0.25) is 14.6 Å². The van der Waals surface area contributed by atoms with E-state index in [-0.39, 0.29) is 17.6 Å². The lowest BCUT2D eigenvalue weighted by molar-refractivity contribution is 0.0706. The van der Waals surface area contributed by atoms with Gasteiger partial charge in [-0.2, -0.15) is 0 Å². The predicted octanol–water partition coefficient (Wildman–Crippen LogP) is 2.95. The smallest absolute Gasteiger partial charge is 0.273 e. The van der Waals surface area contributed by atoms with E-state index in [1.165, 1.54) is 23.5 Å². The van der Waals surface area contributed by atoms with Crippen LogP contribution in [0.2, 0.25) is 0 Å². The van der Waals surface area contributed by atoms with Crippen molar-refractivity contribution in [3.8, 4) is 0 Å². The molecule has 2 amide bonds. The van der Waals surface area contributed by atoms with Crippen LogP contribution in [0, 0.1) is 5.82 Å². The average molecular weight is 384 g/mol. The molecule has 138 valence electrons. The number of nitrogens with two attached hydrogens (primary N) is 1. The standard InChI is InChI=1S/C19H17FN4O2S/c20-13-1-2-15-12(7-13)8-14(18(21)25)17(23-15)11-3-5-24(6-4-11)19(26)16-9-27-10-22-16/h1-2,7-11H,3-6H2,(H2,21,25). The summed E-state index contributed by atoms with van der Waals surface area (Å²) in [4.78, 5) is 34.8. The summed E-state index contributed by atoms with van der Waals surface area (Å²) in [6.45, 7) is 1.12. The molecule has 0 spiro atoms. The summed E-state index contributed by atoms with van der Waals surface area (Å²) in [7, 11) is 0. The Bertz CT molecular complexity index is 1010. The Balaban J connectivity index is 1.59. The maximum atomic E-state index is 13.5. The Labute approximate surface area is 158 Å². The maximum absolute atomic E-state index is 13.5. The van der Waals surface area contributed by atoms with Crippen molar-refractivity contribution in [2.24, 2.45) is 5.73 Å². The van der Waals surface area contributed by atoms with E-state index in [1.807, 2.05) is 0 Å². The second kappa shape index (κ2) is 7.03. The van der Waals surface area contributed by atoms with E-state index in [0.717, 1.165) is 0 Å². The first-order chi connectivity index (χ1) is 13.0. The van der Waals surface area contributed by atoms with Gasteiger partial charge in [0.15, 0.2) is 0 Å². The molecule has 1 saturated heterocycles. The molecule has 0 bridgehead atoms. The Morgan fingerprint density at radius 1 is 1.22 bits per heavy atom. The molecule has 3 aromatic rings. The molecule has 0 atom stereocenters. The van der Waals surface area contributed by atoms with Crippen molar-refractivity contribution >= 4 is 34.1 Å². The first-order valence-electron chi connectivity index (χ1n) is 8.60. The molecule has 2 N–H and O–H groups in total. The second-order valence-corrected chi connectivity index (χ2v) is 7.28. The fraction of sp³-hybridized carbons (Fsp3) is 0.263. The third-order valence-electron chi connectivity index (χ3n) is 4.89. The molecule has 4 rings (SSSR count). The Hall–Kier alpha value is -2.87. The number of nitrogens with zero attached hydrogens (tertiary/aromatic N) is 3. The number of hydrogen-bond acceptors (Lipinski definition) is 5. The van der Waals surface area contributed by atoms with E-state index in [4.69, 9.17) is 5.73 Å². The normalized spacial score (nSPS) is 15.2. The van der Waals surface area contributed by atoms with Crippen molar-refractivity contribution in [2.45, 2.75) is 18.8 Å². The van der Waals surface area contributed by atoms with Gasteiger partial charge in [0.05, 0.1) is 22.3 Å². The molecule has 8 heteroatoms. The van der Waals surface area contributed by atoms with Crippen molar-refractivity contribution in [3.05, 3.63) is 57.9 Å². The molecular weight excluding hydrogens is 367 g/mol. The van der Waals surface area contributed by atoms with Crippen LogP contribution in [0.5, 0.6) is 0 Å². The molecule has 0 unspecified atom stereocenters. The van der Waals surface area contributed by atoms with Crippen LogP contribution in [0.25, 0.3) is 10.9 Å². The number of primary amides is 1. The minimum Gasteiger partial charge on any atom is -0.366 e. The number of hydrogen-bond donors (Lipinski definition) is 1. The number of amides is 2. The summed E-state index contributed by atoms with van der Waals surface area (Å²) in [5, 5.41) is 2.28. The zero-order chi connectivity index (χ0) is 19.0. The average Bonchev–Trinajstić information content (AvgIpc) is 3.21. The molecule has 1 aliphatic rings. The monoisotopic (exact) mass is 384 g/mol. The number of piperidine rings is 1. The Morgan fingerprint density at radius 2 is 2.00 bits per heavy atom. The van der Waals surface area contributed by atoms with Gasteiger partial charge in [0.1, 0.15) is 11.5 Å². The molecule has 6 nitrogen and oxygen atoms in total. The van der Waals surface area contributed by atoms with E-state index in [1.54, 1.807) is 27.9 Å². The molecule has 0 saturated carbocycles. The number of aromatic nitrogens is 2. The van der Waals surface area contributed by atoms with E-state index in [0.29, 0.717) is 53.8 Å². The third-order valence-corrected chi connectivity index (χ3v) is 5.48. The van der Waals surface area contributed by atoms with Crippen molar-refractivity contribution < 1.29 is 14.0 Å². The quantitative estimate of drug-likeness (QED) is 0.752. The summed E-state index contributed by atoms with van der Waals surface area (Å²) in [6.07, 6.45) is 1.35. The van der Waals surface area contributed by atoms with Crippen LogP contribution < -0.4 is 5.73 Å². The second-order valence-electron chi connectivity index (χ2n) is 6.56. The van der Waals surface area contributed by atoms with Gasteiger partial charge < -0.3 is 10.6 Å². The number of halogens is 1. The van der Waals surface area contributed by atoms with E-state index in [2.05, 4.69) is 9.97 Å². The summed E-state index contributed by atoms with van der Waals surface area (Å²) in [6, 6.07) is 5.89. The molecule has 1 aromatic carbocycles. The summed E-state index contributed by atoms with van der Waals surface area (Å²) in [5.41, 5.74) is 9.21. The van der Waals surface area contributed by atoms with Gasteiger partial charge in [0, 0.05) is 29.8 Å². The summed E-state index contributed by atoms with van der Waals surface area (Å²) in [5.74, 6) is -1.03. The highest BCUT2D eigenvalue weighted by Crippen LogP contribution is 2.31. The lowest BCUT2D eigenvalue weighted by Gasteiger charge is -2.32. The zero-order valence-electron chi connectivity index (χ0n) is 14.4. The molecule has 1 aliphatic heterocycles. The number of carbonyl (C=O) groups is 2. The highest BCUT2D eigenvalue weighted by molar-refractivity contribution is 7.07. The molecule has 2 aromatic heterocycles. The number of likely N-dealkylation sites (tertiary alicyclic amines) is 1. The molecule has 0 radical (unpaired) electrons. The van der Waals surface area contributed by atoms with Gasteiger partial charge in [-0.1, -0.05) is 0 Å². The van der Waals surface area contributed by atoms with E-state index in [9.17, 15) is 14.0 Å². The zero-order valence-corrected chi connectivity index (χ0v) is 15.2. The number of pyridine rings is 1. The lowest BCUT2D eigenvalue weighted by atomic mass is 9.89. The topological polar surface area (TPSA) is 89.2 Å². The first kappa shape index (κ1) is 17.5. The van der Waals surface area contributed by atoms with Crippen molar-refractivity contribution in [3.63, 3.8) is 0 Å². The van der Waals surface area contributed by atoms with Crippen LogP contribution in [0.15, 0.2) is 35.2 Å². The molecule has 27 heavy (non-hydrogen) atoms. The Kier molecular flexibility index (Phi) is 4.57. The third kappa shape index (κ3) is 3.40. The first-order valence-corrected chi connectivity index (χ1v) is 9.54. The molecular formula is C19H17FN4O2S. The van der Waals surface area contributed by atoms with E-state index >= 15 is 0 Å². The summed E-state index contributed by atoms with van der Waals surface area (Å²) >= 11 is 1.39. The number of benzene rings is 1. The SMILES string of the molecule is NC(=O)c1cc2cc(F)ccc2nc1C1CCN(C(=O)c2cscn2)CC1. The van der Waals surface area contributed by atoms with Gasteiger partial charge >= 0.3 is 0 Å².